The molecular formula is C41H21F12N5. The van der Waals surface area contributed by atoms with Gasteiger partial charge in [0, 0.05) is 32.8 Å². The number of hydrogen-bond donors (Lipinski definition) is 0. The van der Waals surface area contributed by atoms with Crippen molar-refractivity contribution in [2.45, 2.75) is 38.6 Å². The van der Waals surface area contributed by atoms with Gasteiger partial charge >= 0.3 is 24.7 Å². The van der Waals surface area contributed by atoms with Crippen LogP contribution in [0.3, 0.4) is 0 Å². The maximum Gasteiger partial charge on any atom is 0.416 e. The molecule has 0 aliphatic carbocycles. The Labute approximate surface area is 318 Å². The lowest BCUT2D eigenvalue weighted by molar-refractivity contribution is -0.138. The first kappa shape index (κ1) is 38.3. The SMILES string of the molecule is Cc1cc(-c2cc(-n3c4cc(C(F)(F)F)ccc4c4ccc(C(F)(F)F)cc43)c(C#N)c(-n3c4cc(C(F)(F)F)ccc4c4ccc(C(F)(F)F)cc43)c2)nc(C)n1. The predicted molar refractivity (Wildman–Crippen MR) is 190 cm³/mol. The van der Waals surface area contributed by atoms with Crippen molar-refractivity contribution in [3.63, 3.8) is 0 Å². The number of alkyl halides is 12. The Balaban J connectivity index is 1.61. The van der Waals surface area contributed by atoms with Gasteiger partial charge in [0.2, 0.25) is 0 Å². The van der Waals surface area contributed by atoms with Gasteiger partial charge in [0.25, 0.3) is 0 Å². The Morgan fingerprint density at radius 1 is 0.466 bits per heavy atom. The Kier molecular flexibility index (Phi) is 8.40. The number of fused-ring (bicyclic) bond motifs is 6. The van der Waals surface area contributed by atoms with Gasteiger partial charge in [-0.2, -0.15) is 57.9 Å². The zero-order chi connectivity index (χ0) is 41.9. The van der Waals surface area contributed by atoms with Gasteiger partial charge in [-0.25, -0.2) is 9.97 Å². The molecule has 0 saturated carbocycles. The van der Waals surface area contributed by atoms with Crippen molar-refractivity contribution in [1.82, 2.24) is 19.1 Å². The van der Waals surface area contributed by atoms with Gasteiger partial charge in [-0.05, 0) is 80.6 Å². The van der Waals surface area contributed by atoms with Crippen LogP contribution in [0.25, 0.3) is 66.2 Å². The second kappa shape index (κ2) is 12.7. The highest BCUT2D eigenvalue weighted by Gasteiger charge is 2.36. The minimum atomic E-state index is -4.94. The number of halogens is 12. The van der Waals surface area contributed by atoms with Gasteiger partial charge in [0.05, 0.1) is 61.4 Å². The summed E-state index contributed by atoms with van der Waals surface area (Å²) < 4.78 is 173. The van der Waals surface area contributed by atoms with E-state index in [2.05, 4.69) is 9.97 Å². The maximum atomic E-state index is 14.2. The van der Waals surface area contributed by atoms with E-state index in [9.17, 15) is 57.9 Å². The van der Waals surface area contributed by atoms with Crippen molar-refractivity contribution in [3.8, 4) is 28.7 Å². The van der Waals surface area contributed by atoms with Crippen LogP contribution in [0.2, 0.25) is 0 Å². The fraction of sp³-hybridized carbons (Fsp3) is 0.146. The molecule has 5 nitrogen and oxygen atoms in total. The Morgan fingerprint density at radius 2 is 0.793 bits per heavy atom. The van der Waals surface area contributed by atoms with Gasteiger partial charge in [-0.3, -0.25) is 0 Å². The van der Waals surface area contributed by atoms with Gasteiger partial charge in [-0.1, -0.05) is 24.3 Å². The fourth-order valence-corrected chi connectivity index (χ4v) is 7.35. The van der Waals surface area contributed by atoms with Crippen molar-refractivity contribution in [1.29, 1.82) is 5.26 Å². The molecule has 0 N–H and O–H groups in total. The highest BCUT2D eigenvalue weighted by Crippen LogP contribution is 2.45. The molecule has 0 spiro atoms. The molecule has 0 atom stereocenters. The number of nitriles is 1. The molecule has 0 radical (unpaired) electrons. The van der Waals surface area contributed by atoms with Crippen LogP contribution in [0.1, 0.15) is 39.3 Å². The molecule has 0 bridgehead atoms. The van der Waals surface area contributed by atoms with Crippen LogP contribution in [0, 0.1) is 25.2 Å². The molecule has 0 fully saturated rings. The number of benzene rings is 5. The van der Waals surface area contributed by atoms with Crippen molar-refractivity contribution in [2.75, 3.05) is 0 Å². The molecule has 3 aromatic heterocycles. The first-order chi connectivity index (χ1) is 27.0. The summed E-state index contributed by atoms with van der Waals surface area (Å²) in [6.45, 7) is 3.12. The number of nitrogens with zero attached hydrogens (tertiary/aromatic N) is 5. The molecular weight excluding hydrogens is 790 g/mol. The zero-order valence-electron chi connectivity index (χ0n) is 29.4. The van der Waals surface area contributed by atoms with Crippen LogP contribution < -0.4 is 0 Å². The molecule has 58 heavy (non-hydrogen) atoms. The van der Waals surface area contributed by atoms with Gasteiger partial charge in [-0.15, -0.1) is 0 Å². The van der Waals surface area contributed by atoms with Gasteiger partial charge < -0.3 is 9.13 Å². The molecule has 8 rings (SSSR count). The lowest BCUT2D eigenvalue weighted by Crippen LogP contribution is -2.09. The molecule has 3 heterocycles. The molecule has 0 aliphatic rings. The van der Waals surface area contributed by atoms with Crippen LogP contribution in [0.5, 0.6) is 0 Å². The predicted octanol–water partition coefficient (Wildman–Crippen LogP) is 12.9. The lowest BCUT2D eigenvalue weighted by atomic mass is 10.0. The van der Waals surface area contributed by atoms with Crippen molar-refractivity contribution in [2.24, 2.45) is 0 Å². The number of hydrogen-bond acceptors (Lipinski definition) is 3. The van der Waals surface area contributed by atoms with Crippen LogP contribution in [-0.2, 0) is 24.7 Å². The molecule has 0 unspecified atom stereocenters. The summed E-state index contributed by atoms with van der Waals surface area (Å²) in [5.41, 5.74) is -6.67. The third-order valence-electron chi connectivity index (χ3n) is 9.80. The first-order valence-corrected chi connectivity index (χ1v) is 16.9. The van der Waals surface area contributed by atoms with Crippen molar-refractivity contribution >= 4 is 43.6 Å². The summed E-state index contributed by atoms with van der Waals surface area (Å²) in [5.74, 6) is 0.213. The Morgan fingerprint density at radius 3 is 1.07 bits per heavy atom. The number of aryl methyl sites for hydroxylation is 2. The second-order valence-corrected chi connectivity index (χ2v) is 13.5. The summed E-state index contributed by atoms with van der Waals surface area (Å²) in [6.07, 6.45) is -19.8. The monoisotopic (exact) mass is 811 g/mol. The largest absolute Gasteiger partial charge is 0.416 e. The minimum absolute atomic E-state index is 0.0421. The standard InChI is InChI=1S/C41H21F12N5/c1-19-11-31(56-20(2)55-19)21-12-32(57-34-14-22(38(42,43)44)3-7-26(34)27-8-4-23(15-35(27)57)39(45,46)47)30(18-54)33(13-21)58-36-16-24(40(48,49)50)5-9-28(36)29-10-6-25(17-37(29)58)41(51,52)53/h3-17H,1-2H3. The highest BCUT2D eigenvalue weighted by molar-refractivity contribution is 6.11. The van der Waals surface area contributed by atoms with Crippen LogP contribution in [-0.4, -0.2) is 19.1 Å². The normalized spacial score (nSPS) is 13.0. The third kappa shape index (κ3) is 6.32. The van der Waals surface area contributed by atoms with E-state index in [1.807, 2.05) is 6.07 Å². The van der Waals surface area contributed by atoms with Crippen molar-refractivity contribution in [3.05, 3.63) is 130 Å². The van der Waals surface area contributed by atoms with E-state index in [1.54, 1.807) is 6.92 Å². The van der Waals surface area contributed by atoms with E-state index in [0.717, 1.165) is 57.7 Å². The van der Waals surface area contributed by atoms with Gasteiger partial charge in [0.1, 0.15) is 17.5 Å². The quantitative estimate of drug-likeness (QED) is 0.167. The average Bonchev–Trinajstić information content (AvgIpc) is 3.63. The molecule has 8 aromatic rings. The molecule has 0 amide bonds. The van der Waals surface area contributed by atoms with E-state index in [-0.39, 0.29) is 72.1 Å². The average molecular weight is 812 g/mol. The van der Waals surface area contributed by atoms with Crippen molar-refractivity contribution < 1.29 is 52.7 Å². The van der Waals surface area contributed by atoms with E-state index < -0.39 is 52.5 Å². The third-order valence-corrected chi connectivity index (χ3v) is 9.80. The zero-order valence-corrected chi connectivity index (χ0v) is 29.4. The van der Waals surface area contributed by atoms with E-state index >= 15 is 0 Å². The maximum absolute atomic E-state index is 14.2. The van der Waals surface area contributed by atoms with Crippen LogP contribution in [0.15, 0.2) is 91.0 Å². The van der Waals surface area contributed by atoms with Gasteiger partial charge in [0.15, 0.2) is 0 Å². The first-order valence-electron chi connectivity index (χ1n) is 16.9. The highest BCUT2D eigenvalue weighted by atomic mass is 19.4. The summed E-state index contributed by atoms with van der Waals surface area (Å²) in [4.78, 5) is 8.66. The Hall–Kier alpha value is -6.57. The number of aromatic nitrogens is 4. The van der Waals surface area contributed by atoms with Crippen LogP contribution >= 0.6 is 0 Å². The summed E-state index contributed by atoms with van der Waals surface area (Å²) in [6, 6.07) is 15.8. The topological polar surface area (TPSA) is 59.4 Å². The lowest BCUT2D eigenvalue weighted by Gasteiger charge is -2.19. The second-order valence-electron chi connectivity index (χ2n) is 13.5. The summed E-state index contributed by atoms with van der Waals surface area (Å²) >= 11 is 0. The summed E-state index contributed by atoms with van der Waals surface area (Å²) in [7, 11) is 0. The van der Waals surface area contributed by atoms with E-state index in [0.29, 0.717) is 30.0 Å². The molecule has 17 heteroatoms. The van der Waals surface area contributed by atoms with Crippen LogP contribution in [0.4, 0.5) is 52.7 Å². The number of rotatable bonds is 3. The minimum Gasteiger partial charge on any atom is -0.308 e. The molecule has 0 aliphatic heterocycles. The Bertz CT molecular complexity index is 2710. The van der Waals surface area contributed by atoms with E-state index in [4.69, 9.17) is 0 Å². The summed E-state index contributed by atoms with van der Waals surface area (Å²) in [5, 5.41) is 11.1. The molecule has 5 aromatic carbocycles. The van der Waals surface area contributed by atoms with E-state index in [1.165, 1.54) is 25.1 Å². The molecule has 294 valence electrons. The fourth-order valence-electron chi connectivity index (χ4n) is 7.35. The smallest absolute Gasteiger partial charge is 0.308 e. The molecule has 0 saturated heterocycles.